The molecule has 0 radical (unpaired) electrons. The number of benzene rings is 2. The molecule has 0 heterocycles. The number of nitrogens with zero attached hydrogens (tertiary/aromatic N) is 1. The van der Waals surface area contributed by atoms with Crippen LogP contribution in [0.1, 0.15) is 24.2 Å². The molecule has 2 amide bonds. The molecule has 0 bridgehead atoms. The second-order valence-corrected chi connectivity index (χ2v) is 5.65. The molecule has 0 unspecified atom stereocenters. The van der Waals surface area contributed by atoms with Gasteiger partial charge in [0.2, 0.25) is 11.8 Å². The van der Waals surface area contributed by atoms with Crippen LogP contribution in [0.25, 0.3) is 0 Å². The predicted molar refractivity (Wildman–Crippen MR) is 102 cm³/mol. The highest BCUT2D eigenvalue weighted by atomic mass is 16.5. The third-order valence-electron chi connectivity index (χ3n) is 3.73. The van der Waals surface area contributed by atoms with Crippen molar-refractivity contribution in [2.75, 3.05) is 30.5 Å². The fourth-order valence-electron chi connectivity index (χ4n) is 2.42. The molecule has 0 aliphatic rings. The zero-order chi connectivity index (χ0) is 19.8. The van der Waals surface area contributed by atoms with Crippen LogP contribution in [0.2, 0.25) is 0 Å². The molecule has 0 spiro atoms. The summed E-state index contributed by atoms with van der Waals surface area (Å²) in [5.74, 6) is -0.465. The van der Waals surface area contributed by atoms with Crippen LogP contribution >= 0.6 is 0 Å². The minimum absolute atomic E-state index is 0.161. The Labute approximate surface area is 157 Å². The molecule has 142 valence electrons. The molecular formula is C20H22N2O5. The fourth-order valence-corrected chi connectivity index (χ4v) is 2.42. The van der Waals surface area contributed by atoms with Gasteiger partial charge in [0.25, 0.3) is 0 Å². The number of amides is 2. The average molecular weight is 370 g/mol. The van der Waals surface area contributed by atoms with Crippen LogP contribution in [0.5, 0.6) is 5.75 Å². The zero-order valence-electron chi connectivity index (χ0n) is 15.5. The molecule has 0 aliphatic heterocycles. The number of nitrogens with one attached hydrogen (secondary N) is 1. The highest BCUT2D eigenvalue weighted by Crippen LogP contribution is 2.18. The largest absolute Gasteiger partial charge is 0.497 e. The van der Waals surface area contributed by atoms with Gasteiger partial charge in [0.15, 0.2) is 0 Å². The molecule has 0 aliphatic carbocycles. The van der Waals surface area contributed by atoms with E-state index in [0.717, 1.165) is 0 Å². The maximum atomic E-state index is 12.3. The molecule has 1 N–H and O–H groups in total. The average Bonchev–Trinajstić information content (AvgIpc) is 2.66. The van der Waals surface area contributed by atoms with Gasteiger partial charge in [-0.1, -0.05) is 6.07 Å². The number of esters is 1. The number of rotatable bonds is 7. The summed E-state index contributed by atoms with van der Waals surface area (Å²) < 4.78 is 10.1. The quantitative estimate of drug-likeness (QED) is 0.758. The minimum atomic E-state index is -0.436. The number of hydrogen-bond acceptors (Lipinski definition) is 5. The van der Waals surface area contributed by atoms with Crippen molar-refractivity contribution in [1.29, 1.82) is 0 Å². The summed E-state index contributed by atoms with van der Waals surface area (Å²) in [4.78, 5) is 37.4. The van der Waals surface area contributed by atoms with Crippen LogP contribution in [0.3, 0.4) is 0 Å². The maximum absolute atomic E-state index is 12.3. The van der Waals surface area contributed by atoms with Gasteiger partial charge < -0.3 is 19.7 Å². The van der Waals surface area contributed by atoms with Gasteiger partial charge in [-0.2, -0.15) is 0 Å². The number of methoxy groups -OCH3 is 1. The number of anilines is 2. The standard InChI is InChI=1S/C20H22N2O5/c1-4-27-20(25)15-8-10-17(11-9-15)22(14(2)23)13-19(24)21-16-6-5-7-18(12-16)26-3/h5-12H,4,13H2,1-3H3,(H,21,24). The summed E-state index contributed by atoms with van der Waals surface area (Å²) in [6.07, 6.45) is 0. The van der Waals surface area contributed by atoms with E-state index in [0.29, 0.717) is 22.7 Å². The van der Waals surface area contributed by atoms with Gasteiger partial charge in [-0.05, 0) is 43.3 Å². The first kappa shape index (κ1) is 20.0. The van der Waals surface area contributed by atoms with Crippen LogP contribution in [-0.2, 0) is 14.3 Å². The number of ether oxygens (including phenoxy) is 2. The van der Waals surface area contributed by atoms with Gasteiger partial charge >= 0.3 is 5.97 Å². The lowest BCUT2D eigenvalue weighted by Crippen LogP contribution is -2.36. The van der Waals surface area contributed by atoms with Gasteiger partial charge in [-0.3, -0.25) is 9.59 Å². The van der Waals surface area contributed by atoms with Crippen molar-refractivity contribution in [3.05, 3.63) is 54.1 Å². The number of hydrogen-bond donors (Lipinski definition) is 1. The van der Waals surface area contributed by atoms with E-state index in [1.54, 1.807) is 62.6 Å². The van der Waals surface area contributed by atoms with Crippen LogP contribution in [0.4, 0.5) is 11.4 Å². The SMILES string of the molecule is CCOC(=O)c1ccc(N(CC(=O)Nc2cccc(OC)c2)C(C)=O)cc1. The first-order valence-electron chi connectivity index (χ1n) is 8.43. The van der Waals surface area contributed by atoms with Crippen molar-refractivity contribution in [3.63, 3.8) is 0 Å². The van der Waals surface area contributed by atoms with E-state index >= 15 is 0 Å². The Hall–Kier alpha value is -3.35. The van der Waals surface area contributed by atoms with Gasteiger partial charge in [0, 0.05) is 24.4 Å². The van der Waals surface area contributed by atoms with Crippen molar-refractivity contribution in [1.82, 2.24) is 0 Å². The van der Waals surface area contributed by atoms with E-state index in [-0.39, 0.29) is 25.0 Å². The van der Waals surface area contributed by atoms with E-state index < -0.39 is 5.97 Å². The maximum Gasteiger partial charge on any atom is 0.338 e. The van der Waals surface area contributed by atoms with Crippen molar-refractivity contribution in [2.24, 2.45) is 0 Å². The van der Waals surface area contributed by atoms with Gasteiger partial charge in [0.1, 0.15) is 12.3 Å². The van der Waals surface area contributed by atoms with E-state index in [1.807, 2.05) is 0 Å². The van der Waals surface area contributed by atoms with Crippen LogP contribution < -0.4 is 15.0 Å². The Morgan fingerprint density at radius 1 is 1.07 bits per heavy atom. The second kappa shape index (κ2) is 9.38. The summed E-state index contributed by atoms with van der Waals surface area (Å²) in [6, 6.07) is 13.3. The summed E-state index contributed by atoms with van der Waals surface area (Å²) in [5.41, 5.74) is 1.46. The van der Waals surface area contributed by atoms with E-state index in [1.165, 1.54) is 11.8 Å². The van der Waals surface area contributed by atoms with Crippen molar-refractivity contribution < 1.29 is 23.9 Å². The first-order chi connectivity index (χ1) is 12.9. The van der Waals surface area contributed by atoms with E-state index in [4.69, 9.17) is 9.47 Å². The van der Waals surface area contributed by atoms with Gasteiger partial charge in [-0.15, -0.1) is 0 Å². The first-order valence-corrected chi connectivity index (χ1v) is 8.43. The Morgan fingerprint density at radius 3 is 2.37 bits per heavy atom. The van der Waals surface area contributed by atoms with E-state index in [2.05, 4.69) is 5.32 Å². The Morgan fingerprint density at radius 2 is 1.78 bits per heavy atom. The lowest BCUT2D eigenvalue weighted by molar-refractivity contribution is -0.120. The third-order valence-corrected chi connectivity index (χ3v) is 3.73. The van der Waals surface area contributed by atoms with Crippen molar-refractivity contribution in [3.8, 4) is 5.75 Å². The minimum Gasteiger partial charge on any atom is -0.497 e. The molecule has 0 atom stereocenters. The van der Waals surface area contributed by atoms with Crippen molar-refractivity contribution in [2.45, 2.75) is 13.8 Å². The second-order valence-electron chi connectivity index (χ2n) is 5.65. The smallest absolute Gasteiger partial charge is 0.338 e. The molecule has 0 aromatic heterocycles. The molecule has 2 rings (SSSR count). The normalized spacial score (nSPS) is 10.0. The zero-order valence-corrected chi connectivity index (χ0v) is 15.5. The molecule has 7 nitrogen and oxygen atoms in total. The molecule has 27 heavy (non-hydrogen) atoms. The van der Waals surface area contributed by atoms with Crippen LogP contribution in [0, 0.1) is 0 Å². The van der Waals surface area contributed by atoms with Crippen LogP contribution in [0.15, 0.2) is 48.5 Å². The Balaban J connectivity index is 2.09. The third kappa shape index (κ3) is 5.57. The summed E-state index contributed by atoms with van der Waals surface area (Å²) in [6.45, 7) is 3.22. The molecule has 2 aromatic carbocycles. The summed E-state index contributed by atoms with van der Waals surface area (Å²) >= 11 is 0. The molecule has 2 aromatic rings. The van der Waals surface area contributed by atoms with Gasteiger partial charge in [-0.25, -0.2) is 4.79 Å². The Kier molecular flexibility index (Phi) is 6.93. The summed E-state index contributed by atoms with van der Waals surface area (Å²) in [5, 5.41) is 2.73. The molecule has 0 fully saturated rings. The highest BCUT2D eigenvalue weighted by Gasteiger charge is 2.17. The Bertz CT molecular complexity index is 817. The van der Waals surface area contributed by atoms with Crippen molar-refractivity contribution >= 4 is 29.2 Å². The number of carbonyl (C=O) groups is 3. The van der Waals surface area contributed by atoms with Crippen LogP contribution in [-0.4, -0.2) is 38.0 Å². The lowest BCUT2D eigenvalue weighted by atomic mass is 10.2. The lowest BCUT2D eigenvalue weighted by Gasteiger charge is -2.21. The predicted octanol–water partition coefficient (Wildman–Crippen LogP) is 2.86. The molecule has 0 saturated heterocycles. The monoisotopic (exact) mass is 370 g/mol. The van der Waals surface area contributed by atoms with Gasteiger partial charge in [0.05, 0.1) is 19.3 Å². The molecule has 7 heteroatoms. The topological polar surface area (TPSA) is 84.9 Å². The fraction of sp³-hybridized carbons (Fsp3) is 0.250. The van der Waals surface area contributed by atoms with E-state index in [9.17, 15) is 14.4 Å². The number of carbonyl (C=O) groups excluding carboxylic acids is 3. The summed E-state index contributed by atoms with van der Waals surface area (Å²) in [7, 11) is 1.54. The molecule has 0 saturated carbocycles. The molecular weight excluding hydrogens is 348 g/mol. The highest BCUT2D eigenvalue weighted by molar-refractivity contribution is 6.02.